The van der Waals surface area contributed by atoms with E-state index in [1.54, 1.807) is 24.3 Å². The van der Waals surface area contributed by atoms with E-state index in [0.29, 0.717) is 48.5 Å². The van der Waals surface area contributed by atoms with E-state index in [1.807, 2.05) is 24.8 Å². The highest BCUT2D eigenvalue weighted by molar-refractivity contribution is 7.46. The second-order valence-corrected chi connectivity index (χ2v) is 10.5. The molecule has 0 saturated carbocycles. The number of carbonyl (C=O) groups excluding carboxylic acids is 1. The molecule has 4 rings (SSSR count). The number of phosphoric ester groups is 1. The molecule has 0 bridgehead atoms. The van der Waals surface area contributed by atoms with Crippen LogP contribution in [0.5, 0.6) is 5.88 Å². The third-order valence-corrected chi connectivity index (χ3v) is 6.68. The van der Waals surface area contributed by atoms with Crippen LogP contribution in [0.15, 0.2) is 48.7 Å². The maximum absolute atomic E-state index is 13.1. The van der Waals surface area contributed by atoms with Gasteiger partial charge in [-0.3, -0.25) is 14.3 Å². The van der Waals surface area contributed by atoms with Crippen molar-refractivity contribution in [2.75, 3.05) is 43.2 Å². The van der Waals surface area contributed by atoms with E-state index in [9.17, 15) is 22.5 Å². The molecule has 0 radical (unpaired) electrons. The number of amides is 1. The number of phosphoric acid groups is 1. The second kappa shape index (κ2) is 12.5. The first kappa shape index (κ1) is 30.4. The molecular weight excluding hydrogens is 568 g/mol. The van der Waals surface area contributed by atoms with Gasteiger partial charge in [0.15, 0.2) is 0 Å². The van der Waals surface area contributed by atoms with Gasteiger partial charge in [-0.05, 0) is 60.9 Å². The second-order valence-electron chi connectivity index (χ2n) is 9.25. The smallest absolute Gasteiger partial charge is 0.469 e. The predicted octanol–water partition coefficient (Wildman–Crippen LogP) is 4.44. The van der Waals surface area contributed by atoms with Crippen LogP contribution in [0.25, 0.3) is 11.1 Å². The van der Waals surface area contributed by atoms with Crippen LogP contribution < -0.4 is 15.0 Å². The van der Waals surface area contributed by atoms with E-state index >= 15 is 0 Å². The molecule has 15 heteroatoms. The number of alkyl halides is 3. The van der Waals surface area contributed by atoms with Crippen LogP contribution in [0, 0.1) is 6.92 Å². The molecular formula is C26H28F3N4O7P. The van der Waals surface area contributed by atoms with Crippen LogP contribution in [0.1, 0.15) is 28.5 Å². The molecule has 41 heavy (non-hydrogen) atoms. The van der Waals surface area contributed by atoms with Gasteiger partial charge >= 0.3 is 14.0 Å². The summed E-state index contributed by atoms with van der Waals surface area (Å²) in [6.45, 7) is 4.83. The van der Waals surface area contributed by atoms with Gasteiger partial charge in [-0.2, -0.15) is 18.2 Å². The summed E-state index contributed by atoms with van der Waals surface area (Å²) in [7, 11) is -4.66. The van der Waals surface area contributed by atoms with Gasteiger partial charge in [-0.1, -0.05) is 6.07 Å². The lowest BCUT2D eigenvalue weighted by Gasteiger charge is -2.34. The average Bonchev–Trinajstić information content (AvgIpc) is 2.91. The lowest BCUT2D eigenvalue weighted by Crippen LogP contribution is -2.44. The van der Waals surface area contributed by atoms with Crippen molar-refractivity contribution in [3.63, 3.8) is 0 Å². The Hall–Kier alpha value is -3.55. The first-order valence-corrected chi connectivity index (χ1v) is 14.0. The van der Waals surface area contributed by atoms with Crippen LogP contribution in [0.2, 0.25) is 0 Å². The number of pyridine rings is 2. The van der Waals surface area contributed by atoms with Crippen molar-refractivity contribution in [2.45, 2.75) is 26.1 Å². The maximum Gasteiger partial charge on any atom is 0.469 e. The Morgan fingerprint density at radius 1 is 1.20 bits per heavy atom. The zero-order valence-corrected chi connectivity index (χ0v) is 23.0. The Labute approximate surface area is 233 Å². The summed E-state index contributed by atoms with van der Waals surface area (Å²) in [6.07, 6.45) is -3.76. The summed E-state index contributed by atoms with van der Waals surface area (Å²) in [5.74, 6) is 0.0182. The maximum atomic E-state index is 13.1. The van der Waals surface area contributed by atoms with Crippen molar-refractivity contribution >= 4 is 25.2 Å². The highest BCUT2D eigenvalue weighted by Gasteiger charge is 2.33. The van der Waals surface area contributed by atoms with Gasteiger partial charge in [-0.25, -0.2) is 4.57 Å². The summed E-state index contributed by atoms with van der Waals surface area (Å²) in [5.41, 5.74) is 1.15. The molecule has 3 N–H and O–H groups in total. The fourth-order valence-electron chi connectivity index (χ4n) is 4.18. The number of rotatable bonds is 9. The molecule has 1 aliphatic heterocycles. The molecule has 3 heterocycles. The van der Waals surface area contributed by atoms with Crippen LogP contribution >= 0.6 is 7.82 Å². The summed E-state index contributed by atoms with van der Waals surface area (Å²) >= 11 is 0. The van der Waals surface area contributed by atoms with Gasteiger partial charge in [0.25, 0.3) is 5.91 Å². The molecule has 0 aliphatic carbocycles. The number of benzene rings is 1. The number of morpholine rings is 1. The Kier molecular flexibility index (Phi) is 9.30. The number of nitrogens with one attached hydrogen (secondary N) is 1. The highest BCUT2D eigenvalue weighted by atomic mass is 31.2. The quantitative estimate of drug-likeness (QED) is 0.240. The highest BCUT2D eigenvalue weighted by Crippen LogP contribution is 2.36. The standard InChI is InChI=1S/C26H28F3N4O7P/c1-16-3-4-20(31-25(34)18-5-6-30-22(11-18)26(27,28)29)14-21(16)19-12-23(33-7-8-38-15-17(33)2)32-24(13-19)39-9-10-40-41(35,36)37/h3-6,11-14,17H,7-10,15H2,1-2H3,(H,31,34)(H2,35,36,37). The van der Waals surface area contributed by atoms with Crippen LogP contribution in [0.4, 0.5) is 24.7 Å². The number of nitrogens with zero attached hydrogens (tertiary/aromatic N) is 3. The van der Waals surface area contributed by atoms with E-state index < -0.39 is 25.6 Å². The van der Waals surface area contributed by atoms with Gasteiger partial charge in [0.1, 0.15) is 18.1 Å². The molecule has 3 aromatic rings. The van der Waals surface area contributed by atoms with Crippen molar-refractivity contribution in [1.82, 2.24) is 9.97 Å². The summed E-state index contributed by atoms with van der Waals surface area (Å²) < 4.78 is 65.8. The third-order valence-electron chi connectivity index (χ3n) is 6.16. The third kappa shape index (κ3) is 8.24. The molecule has 1 aliphatic rings. The summed E-state index contributed by atoms with van der Waals surface area (Å²) in [5, 5.41) is 2.63. The van der Waals surface area contributed by atoms with Crippen molar-refractivity contribution in [3.8, 4) is 17.0 Å². The van der Waals surface area contributed by atoms with Crippen molar-refractivity contribution < 1.29 is 46.3 Å². The lowest BCUT2D eigenvalue weighted by atomic mass is 10.00. The number of hydrogen-bond acceptors (Lipinski definition) is 8. The fraction of sp³-hybridized carbons (Fsp3) is 0.346. The van der Waals surface area contributed by atoms with E-state index in [4.69, 9.17) is 19.3 Å². The van der Waals surface area contributed by atoms with Gasteiger partial charge in [0.05, 0.1) is 25.9 Å². The Balaban J connectivity index is 1.63. The molecule has 1 saturated heterocycles. The molecule has 1 unspecified atom stereocenters. The van der Waals surface area contributed by atoms with E-state index in [0.717, 1.165) is 11.8 Å². The molecule has 1 atom stereocenters. The normalized spacial score (nSPS) is 16.0. The fourth-order valence-corrected chi connectivity index (χ4v) is 4.49. The molecule has 1 amide bonds. The molecule has 1 aromatic carbocycles. The Bertz CT molecular complexity index is 1450. The van der Waals surface area contributed by atoms with Crippen molar-refractivity contribution in [2.24, 2.45) is 0 Å². The number of aryl methyl sites for hydroxylation is 1. The SMILES string of the molecule is Cc1ccc(NC(=O)c2ccnc(C(F)(F)F)c2)cc1-c1cc(OCCOP(=O)(O)O)nc(N2CCOCC2C)c1. The number of hydrogen-bond donors (Lipinski definition) is 3. The number of aromatic nitrogens is 2. The predicted molar refractivity (Wildman–Crippen MR) is 143 cm³/mol. The van der Waals surface area contributed by atoms with Crippen LogP contribution in [-0.2, 0) is 20.0 Å². The van der Waals surface area contributed by atoms with Gasteiger partial charge < -0.3 is 29.5 Å². The molecule has 2 aromatic heterocycles. The average molecular weight is 596 g/mol. The van der Waals surface area contributed by atoms with Gasteiger partial charge in [0, 0.05) is 30.1 Å². The minimum Gasteiger partial charge on any atom is -0.475 e. The number of ether oxygens (including phenoxy) is 2. The largest absolute Gasteiger partial charge is 0.475 e. The number of carbonyl (C=O) groups is 1. The Morgan fingerprint density at radius 3 is 2.68 bits per heavy atom. The first-order valence-electron chi connectivity index (χ1n) is 12.4. The Morgan fingerprint density at radius 2 is 1.98 bits per heavy atom. The topological polar surface area (TPSA) is 143 Å². The zero-order chi connectivity index (χ0) is 29.8. The van der Waals surface area contributed by atoms with E-state index in [-0.39, 0.29) is 30.7 Å². The van der Waals surface area contributed by atoms with Crippen molar-refractivity contribution in [1.29, 1.82) is 0 Å². The number of anilines is 2. The first-order chi connectivity index (χ1) is 19.3. The van der Waals surface area contributed by atoms with Crippen molar-refractivity contribution in [3.05, 3.63) is 65.5 Å². The summed E-state index contributed by atoms with van der Waals surface area (Å²) in [6, 6.07) is 10.4. The molecule has 11 nitrogen and oxygen atoms in total. The molecule has 220 valence electrons. The molecule has 0 spiro atoms. The minimum absolute atomic E-state index is 0.00557. The summed E-state index contributed by atoms with van der Waals surface area (Å²) in [4.78, 5) is 40.5. The zero-order valence-electron chi connectivity index (χ0n) is 22.1. The van der Waals surface area contributed by atoms with Crippen LogP contribution in [0.3, 0.4) is 0 Å². The molecule has 1 fully saturated rings. The minimum atomic E-state index is -4.69. The van der Waals surface area contributed by atoms with Gasteiger partial charge in [-0.15, -0.1) is 0 Å². The monoisotopic (exact) mass is 596 g/mol. The van der Waals surface area contributed by atoms with E-state index in [1.165, 1.54) is 6.07 Å². The van der Waals surface area contributed by atoms with E-state index in [2.05, 4.69) is 19.8 Å². The van der Waals surface area contributed by atoms with Gasteiger partial charge in [0.2, 0.25) is 5.88 Å². The lowest BCUT2D eigenvalue weighted by molar-refractivity contribution is -0.141. The van der Waals surface area contributed by atoms with Crippen LogP contribution in [-0.4, -0.2) is 64.7 Å². The number of halogens is 3.